The molecule has 1 amide bonds. The average molecular weight is 224 g/mol. The van der Waals surface area contributed by atoms with E-state index in [0.29, 0.717) is 6.29 Å². The molecule has 2 N–H and O–H groups in total. The van der Waals surface area contributed by atoms with E-state index in [9.17, 15) is 9.59 Å². The molecule has 0 fully saturated rings. The Kier molecular flexibility index (Phi) is 3.49. The Balaban J connectivity index is 2.68. The first-order valence-electron chi connectivity index (χ1n) is 4.96. The van der Waals surface area contributed by atoms with Crippen molar-refractivity contribution in [3.05, 3.63) is 24.4 Å². The topological polar surface area (TPSA) is 67.4 Å². The molecule has 16 heavy (non-hydrogen) atoms. The average Bonchev–Trinajstić information content (AvgIpc) is 2.25. The van der Waals surface area contributed by atoms with Gasteiger partial charge in [-0.05, 0) is 39.1 Å². The fourth-order valence-corrected chi connectivity index (χ4v) is 1.05. The lowest BCUT2D eigenvalue weighted by atomic mass is 9.98. The van der Waals surface area contributed by atoms with Crippen molar-refractivity contribution in [1.29, 1.82) is 0 Å². The van der Waals surface area contributed by atoms with Gasteiger partial charge in [0.15, 0.2) is 11.8 Å². The summed E-state index contributed by atoms with van der Waals surface area (Å²) >= 11 is 0. The first-order chi connectivity index (χ1) is 7.40. The second kappa shape index (κ2) is 4.49. The molecule has 0 saturated heterocycles. The van der Waals surface area contributed by atoms with Crippen LogP contribution in [0, 0.1) is 0 Å². The van der Waals surface area contributed by atoms with Crippen molar-refractivity contribution in [3.63, 3.8) is 0 Å². The molecule has 88 valence electrons. The minimum Gasteiger partial charge on any atom is -0.368 e. The summed E-state index contributed by atoms with van der Waals surface area (Å²) in [6.07, 6.45) is 6.86. The third kappa shape index (κ3) is 2.93. The number of rotatable bonds is 3. The second-order valence-corrected chi connectivity index (χ2v) is 4.50. The van der Waals surface area contributed by atoms with Gasteiger partial charge in [0.2, 0.25) is 0 Å². The molecule has 5 nitrogen and oxygen atoms in total. The minimum absolute atomic E-state index is 0.506. The molecular formula is C11H16N2O3. The lowest BCUT2D eigenvalue weighted by molar-refractivity contribution is -0.151. The molecule has 1 aliphatic rings. The smallest absolute Gasteiger partial charge is 0.280 e. The number of nitrogens with one attached hydrogen (secondary N) is 2. The standard InChI is InChI=1S/C11H16N2O3/c1-10(2,3)16-13-9(15)11(8-14)6-4-5-7-12-11/h4-8,12H,1-3H3,(H,13,15). The predicted molar refractivity (Wildman–Crippen MR) is 59.2 cm³/mol. The van der Waals surface area contributed by atoms with E-state index in [0.717, 1.165) is 0 Å². The molecule has 0 bridgehead atoms. The lowest BCUT2D eigenvalue weighted by Gasteiger charge is -2.27. The summed E-state index contributed by atoms with van der Waals surface area (Å²) in [5.41, 5.74) is 0.385. The first kappa shape index (κ1) is 12.4. The van der Waals surface area contributed by atoms with Gasteiger partial charge in [0.1, 0.15) is 0 Å². The third-order valence-electron chi connectivity index (χ3n) is 1.90. The summed E-state index contributed by atoms with van der Waals surface area (Å²) in [4.78, 5) is 27.9. The van der Waals surface area contributed by atoms with Crippen LogP contribution in [0.2, 0.25) is 0 Å². The molecule has 1 atom stereocenters. The maximum absolute atomic E-state index is 11.8. The van der Waals surface area contributed by atoms with Gasteiger partial charge in [-0.1, -0.05) is 6.08 Å². The van der Waals surface area contributed by atoms with E-state index in [1.54, 1.807) is 32.9 Å². The van der Waals surface area contributed by atoms with E-state index in [1.165, 1.54) is 12.3 Å². The zero-order valence-electron chi connectivity index (χ0n) is 9.61. The Morgan fingerprint density at radius 2 is 2.12 bits per heavy atom. The Bertz CT molecular complexity index is 342. The maximum Gasteiger partial charge on any atom is 0.280 e. The van der Waals surface area contributed by atoms with Gasteiger partial charge in [-0.3, -0.25) is 14.4 Å². The van der Waals surface area contributed by atoms with Crippen LogP contribution in [0.3, 0.4) is 0 Å². The van der Waals surface area contributed by atoms with Crippen LogP contribution in [0.1, 0.15) is 20.8 Å². The van der Waals surface area contributed by atoms with E-state index in [4.69, 9.17) is 4.84 Å². The van der Waals surface area contributed by atoms with E-state index >= 15 is 0 Å². The number of aldehydes is 1. The summed E-state index contributed by atoms with van der Waals surface area (Å²) < 4.78 is 0. The zero-order chi connectivity index (χ0) is 12.2. The summed E-state index contributed by atoms with van der Waals surface area (Å²) in [7, 11) is 0. The molecule has 0 aromatic carbocycles. The molecule has 0 spiro atoms. The van der Waals surface area contributed by atoms with Crippen molar-refractivity contribution in [2.45, 2.75) is 31.9 Å². The molecule has 1 aliphatic heterocycles. The molecular weight excluding hydrogens is 208 g/mol. The maximum atomic E-state index is 11.8. The molecule has 1 rings (SSSR count). The molecule has 0 aromatic rings. The fourth-order valence-electron chi connectivity index (χ4n) is 1.05. The van der Waals surface area contributed by atoms with Gasteiger partial charge in [0.25, 0.3) is 5.91 Å². The number of carbonyl (C=O) groups excluding carboxylic acids is 2. The lowest BCUT2D eigenvalue weighted by Crippen LogP contribution is -2.56. The van der Waals surface area contributed by atoms with Crippen LogP contribution in [0.25, 0.3) is 0 Å². The highest BCUT2D eigenvalue weighted by Crippen LogP contribution is 2.10. The molecule has 5 heteroatoms. The Morgan fingerprint density at radius 3 is 2.56 bits per heavy atom. The summed E-state index contributed by atoms with van der Waals surface area (Å²) in [5, 5.41) is 2.69. The van der Waals surface area contributed by atoms with Gasteiger partial charge in [0, 0.05) is 0 Å². The highest BCUT2D eigenvalue weighted by atomic mass is 16.7. The number of hydrogen-bond acceptors (Lipinski definition) is 4. The van der Waals surface area contributed by atoms with E-state index < -0.39 is 17.0 Å². The van der Waals surface area contributed by atoms with E-state index in [2.05, 4.69) is 10.8 Å². The fraction of sp³-hybridized carbons (Fsp3) is 0.455. The third-order valence-corrected chi connectivity index (χ3v) is 1.90. The first-order valence-corrected chi connectivity index (χ1v) is 4.96. The number of hydroxylamine groups is 1. The quantitative estimate of drug-likeness (QED) is 0.415. The normalized spacial score (nSPS) is 23.7. The van der Waals surface area contributed by atoms with E-state index in [1.807, 2.05) is 0 Å². The van der Waals surface area contributed by atoms with Crippen LogP contribution >= 0.6 is 0 Å². The monoisotopic (exact) mass is 224 g/mol. The second-order valence-electron chi connectivity index (χ2n) is 4.50. The molecule has 0 radical (unpaired) electrons. The summed E-state index contributed by atoms with van der Waals surface area (Å²) in [5.74, 6) is -0.543. The van der Waals surface area contributed by atoms with Crippen molar-refractivity contribution < 1.29 is 14.4 Å². The van der Waals surface area contributed by atoms with Gasteiger partial charge < -0.3 is 5.32 Å². The van der Waals surface area contributed by atoms with Gasteiger partial charge in [-0.15, -0.1) is 0 Å². The van der Waals surface area contributed by atoms with Crippen LogP contribution in [0.15, 0.2) is 24.4 Å². The predicted octanol–water partition coefficient (Wildman–Crippen LogP) is 0.443. The van der Waals surface area contributed by atoms with Crippen molar-refractivity contribution in [1.82, 2.24) is 10.8 Å². The van der Waals surface area contributed by atoms with Gasteiger partial charge >= 0.3 is 0 Å². The Hall–Kier alpha value is -1.62. The molecule has 1 heterocycles. The van der Waals surface area contributed by atoms with Gasteiger partial charge in [-0.25, -0.2) is 5.48 Å². The van der Waals surface area contributed by atoms with Crippen molar-refractivity contribution in [2.24, 2.45) is 0 Å². The highest BCUT2D eigenvalue weighted by Gasteiger charge is 2.36. The zero-order valence-corrected chi connectivity index (χ0v) is 9.61. The van der Waals surface area contributed by atoms with Crippen LogP contribution < -0.4 is 10.8 Å². The van der Waals surface area contributed by atoms with Crippen molar-refractivity contribution >= 4 is 12.2 Å². The van der Waals surface area contributed by atoms with Crippen LogP contribution in [-0.2, 0) is 14.4 Å². The molecule has 0 aromatic heterocycles. The summed E-state index contributed by atoms with van der Waals surface area (Å²) in [6.45, 7) is 5.39. The van der Waals surface area contributed by atoms with Crippen molar-refractivity contribution in [3.8, 4) is 0 Å². The van der Waals surface area contributed by atoms with Crippen molar-refractivity contribution in [2.75, 3.05) is 0 Å². The molecule has 1 unspecified atom stereocenters. The number of amides is 1. The number of hydrogen-bond donors (Lipinski definition) is 2. The Morgan fingerprint density at radius 1 is 1.44 bits per heavy atom. The number of carbonyl (C=O) groups is 2. The SMILES string of the molecule is CC(C)(C)ONC(=O)C1(C=O)C=CC=CN1. The highest BCUT2D eigenvalue weighted by molar-refractivity contribution is 6.04. The van der Waals surface area contributed by atoms with Crippen LogP contribution in [-0.4, -0.2) is 23.3 Å². The van der Waals surface area contributed by atoms with Gasteiger partial charge in [0.05, 0.1) is 5.60 Å². The number of allylic oxidation sites excluding steroid dienone is 2. The van der Waals surface area contributed by atoms with E-state index in [-0.39, 0.29) is 0 Å². The summed E-state index contributed by atoms with van der Waals surface area (Å²) in [6, 6.07) is 0. The van der Waals surface area contributed by atoms with Crippen LogP contribution in [0.4, 0.5) is 0 Å². The molecule has 0 saturated carbocycles. The number of dihydropyridines is 1. The largest absolute Gasteiger partial charge is 0.368 e. The van der Waals surface area contributed by atoms with Crippen LogP contribution in [0.5, 0.6) is 0 Å². The van der Waals surface area contributed by atoms with Gasteiger partial charge in [-0.2, -0.15) is 0 Å². The minimum atomic E-state index is -1.38. The Labute approximate surface area is 94.5 Å². The molecule has 0 aliphatic carbocycles.